The quantitative estimate of drug-likeness (QED) is 0.321. The Labute approximate surface area is 247 Å². The van der Waals surface area contributed by atoms with Gasteiger partial charge in [-0.3, -0.25) is 14.5 Å². The molecule has 1 aliphatic heterocycles. The fourth-order valence-electron chi connectivity index (χ4n) is 7.57. The summed E-state index contributed by atoms with van der Waals surface area (Å²) in [5.41, 5.74) is 6.96. The highest BCUT2D eigenvalue weighted by Crippen LogP contribution is 2.44. The van der Waals surface area contributed by atoms with E-state index >= 15 is 0 Å². The third-order valence-corrected chi connectivity index (χ3v) is 9.93. The van der Waals surface area contributed by atoms with E-state index in [0.717, 1.165) is 38.8 Å². The molecule has 0 aromatic heterocycles. The molecule has 2 aliphatic carbocycles. The normalized spacial score (nSPS) is 22.5. The molecule has 3 aliphatic rings. The zero-order chi connectivity index (χ0) is 29.2. The van der Waals surface area contributed by atoms with Gasteiger partial charge in [-0.15, -0.1) is 0 Å². The third-order valence-electron chi connectivity index (χ3n) is 9.93. The van der Waals surface area contributed by atoms with Crippen molar-refractivity contribution in [1.29, 1.82) is 0 Å². The van der Waals surface area contributed by atoms with Crippen LogP contribution in [-0.4, -0.2) is 63.2 Å². The number of piperidine rings is 1. The van der Waals surface area contributed by atoms with Crippen LogP contribution in [0.25, 0.3) is 0 Å². The Morgan fingerprint density at radius 2 is 1.49 bits per heavy atom. The van der Waals surface area contributed by atoms with Crippen molar-refractivity contribution in [1.82, 2.24) is 10.2 Å². The van der Waals surface area contributed by atoms with E-state index in [9.17, 15) is 9.59 Å². The summed E-state index contributed by atoms with van der Waals surface area (Å²) >= 11 is 0. The summed E-state index contributed by atoms with van der Waals surface area (Å²) in [7, 11) is 4.94. The summed E-state index contributed by atoms with van der Waals surface area (Å²) in [6.45, 7) is 1.65. The lowest BCUT2D eigenvalue weighted by molar-refractivity contribution is -0.132. The summed E-state index contributed by atoms with van der Waals surface area (Å²) in [5, 5.41) is 3.09. The highest BCUT2D eigenvalue weighted by Gasteiger charge is 2.36. The minimum Gasteiger partial charge on any atom is -0.493 e. The Balaban J connectivity index is 1.52. The molecule has 8 nitrogen and oxygen atoms in total. The molecule has 0 bridgehead atoms. The molecule has 41 heavy (non-hydrogen) atoms. The minimum absolute atomic E-state index is 0.0515. The summed E-state index contributed by atoms with van der Waals surface area (Å²) in [4.78, 5) is 28.5. The van der Waals surface area contributed by atoms with E-state index < -0.39 is 11.9 Å². The Bertz CT molecular complexity index is 964. The van der Waals surface area contributed by atoms with E-state index in [2.05, 4.69) is 22.3 Å². The van der Waals surface area contributed by atoms with Gasteiger partial charge in [-0.2, -0.15) is 0 Å². The summed E-state index contributed by atoms with van der Waals surface area (Å²) < 4.78 is 17.0. The van der Waals surface area contributed by atoms with Crippen molar-refractivity contribution in [2.45, 2.75) is 114 Å². The second kappa shape index (κ2) is 15.7. The fraction of sp³-hybridized carbons (Fsp3) is 0.758. The number of hydrogen-bond acceptors (Lipinski definition) is 6. The van der Waals surface area contributed by atoms with E-state index in [1.54, 1.807) is 21.3 Å². The zero-order valence-electron chi connectivity index (χ0n) is 25.6. The molecule has 1 aromatic rings. The zero-order valence-corrected chi connectivity index (χ0v) is 25.6. The molecule has 1 aromatic carbocycles. The van der Waals surface area contributed by atoms with Gasteiger partial charge in [0.05, 0.1) is 27.4 Å². The van der Waals surface area contributed by atoms with Gasteiger partial charge in [-0.1, -0.05) is 57.8 Å². The van der Waals surface area contributed by atoms with Crippen molar-refractivity contribution < 1.29 is 23.8 Å². The van der Waals surface area contributed by atoms with E-state index in [1.165, 1.54) is 69.8 Å². The number of rotatable bonds is 13. The van der Waals surface area contributed by atoms with E-state index in [-0.39, 0.29) is 17.9 Å². The van der Waals surface area contributed by atoms with Crippen molar-refractivity contribution >= 4 is 11.8 Å². The number of benzene rings is 1. The van der Waals surface area contributed by atoms with Crippen LogP contribution in [0.15, 0.2) is 12.1 Å². The first kappa shape index (κ1) is 31.5. The Morgan fingerprint density at radius 1 is 0.878 bits per heavy atom. The first-order chi connectivity index (χ1) is 19.9. The van der Waals surface area contributed by atoms with Gasteiger partial charge >= 0.3 is 0 Å². The molecule has 0 spiro atoms. The van der Waals surface area contributed by atoms with E-state index in [0.29, 0.717) is 35.5 Å². The molecule has 3 atom stereocenters. The molecule has 4 rings (SSSR count). The maximum Gasteiger partial charge on any atom is 0.240 e. The average Bonchev–Trinajstić information content (AvgIpc) is 3.01. The van der Waals surface area contributed by atoms with Crippen LogP contribution >= 0.6 is 0 Å². The van der Waals surface area contributed by atoms with Crippen LogP contribution < -0.4 is 25.3 Å². The third kappa shape index (κ3) is 8.30. The lowest BCUT2D eigenvalue weighted by atomic mass is 9.76. The van der Waals surface area contributed by atoms with Crippen LogP contribution in [-0.2, 0) is 9.59 Å². The second-order valence-corrected chi connectivity index (χ2v) is 12.5. The highest BCUT2D eigenvalue weighted by atomic mass is 16.5. The first-order valence-corrected chi connectivity index (χ1v) is 16.1. The lowest BCUT2D eigenvalue weighted by Crippen LogP contribution is -2.55. The largest absolute Gasteiger partial charge is 0.493 e. The van der Waals surface area contributed by atoms with Gasteiger partial charge in [-0.05, 0) is 80.5 Å². The fourth-order valence-corrected chi connectivity index (χ4v) is 7.57. The van der Waals surface area contributed by atoms with Crippen LogP contribution in [0.1, 0.15) is 108 Å². The molecule has 8 heteroatoms. The van der Waals surface area contributed by atoms with Crippen LogP contribution in [0.5, 0.6) is 17.2 Å². The molecule has 3 fully saturated rings. The molecule has 3 N–H and O–H groups in total. The first-order valence-electron chi connectivity index (χ1n) is 16.1. The highest BCUT2D eigenvalue weighted by molar-refractivity contribution is 5.89. The number of carbonyl (C=O) groups is 2. The SMILES string of the molecule is COc1cc(C(CN2CCCCC2C(=O)NC(CCC2CCCCC2)C(N)=O)C2CCCCC2)cc(OC)c1OC. The van der Waals surface area contributed by atoms with Gasteiger partial charge in [0.2, 0.25) is 17.6 Å². The smallest absolute Gasteiger partial charge is 0.240 e. The maximum absolute atomic E-state index is 13.7. The lowest BCUT2D eigenvalue weighted by Gasteiger charge is -2.40. The predicted octanol–water partition coefficient (Wildman–Crippen LogP) is 5.56. The van der Waals surface area contributed by atoms with Crippen molar-refractivity contribution in [3.8, 4) is 17.2 Å². The molecule has 1 heterocycles. The minimum atomic E-state index is -0.600. The van der Waals surface area contributed by atoms with Gasteiger partial charge < -0.3 is 25.3 Å². The van der Waals surface area contributed by atoms with Crippen molar-refractivity contribution in [2.24, 2.45) is 17.6 Å². The summed E-state index contributed by atoms with van der Waals surface area (Å²) in [6.07, 6.45) is 16.8. The van der Waals surface area contributed by atoms with Crippen LogP contribution in [0, 0.1) is 11.8 Å². The number of nitrogens with zero attached hydrogens (tertiary/aromatic N) is 1. The summed E-state index contributed by atoms with van der Waals surface area (Å²) in [6, 6.07) is 3.33. The van der Waals surface area contributed by atoms with Gasteiger partial charge in [0.1, 0.15) is 6.04 Å². The molecular weight excluding hydrogens is 518 g/mol. The molecule has 2 saturated carbocycles. The predicted molar refractivity (Wildman–Crippen MR) is 162 cm³/mol. The number of nitrogens with two attached hydrogens (primary N) is 1. The number of nitrogens with one attached hydrogen (secondary N) is 1. The Hall–Kier alpha value is -2.48. The van der Waals surface area contributed by atoms with Crippen molar-refractivity contribution in [3.05, 3.63) is 17.7 Å². The molecule has 230 valence electrons. The Morgan fingerprint density at radius 3 is 2.07 bits per heavy atom. The molecule has 3 unspecified atom stereocenters. The molecule has 1 saturated heterocycles. The topological polar surface area (TPSA) is 103 Å². The van der Waals surface area contributed by atoms with Crippen LogP contribution in [0.2, 0.25) is 0 Å². The second-order valence-electron chi connectivity index (χ2n) is 12.5. The molecular formula is C33H53N3O5. The number of ether oxygens (including phenoxy) is 3. The Kier molecular flexibility index (Phi) is 12.0. The monoisotopic (exact) mass is 571 g/mol. The number of amides is 2. The van der Waals surface area contributed by atoms with Crippen LogP contribution in [0.3, 0.4) is 0 Å². The number of methoxy groups -OCH3 is 3. The number of primary amides is 1. The van der Waals surface area contributed by atoms with Gasteiger partial charge in [0.15, 0.2) is 11.5 Å². The van der Waals surface area contributed by atoms with Crippen molar-refractivity contribution in [2.75, 3.05) is 34.4 Å². The molecule has 2 amide bonds. The number of carbonyl (C=O) groups excluding carboxylic acids is 2. The van der Waals surface area contributed by atoms with Crippen LogP contribution in [0.4, 0.5) is 0 Å². The number of hydrogen-bond donors (Lipinski definition) is 2. The van der Waals surface area contributed by atoms with Gasteiger partial charge in [-0.25, -0.2) is 0 Å². The van der Waals surface area contributed by atoms with E-state index in [1.807, 2.05) is 0 Å². The van der Waals surface area contributed by atoms with Gasteiger partial charge in [0, 0.05) is 6.54 Å². The number of likely N-dealkylation sites (tertiary alicyclic amines) is 1. The molecule has 0 radical (unpaired) electrons. The van der Waals surface area contributed by atoms with Crippen molar-refractivity contribution in [3.63, 3.8) is 0 Å². The summed E-state index contributed by atoms with van der Waals surface area (Å²) in [5.74, 6) is 2.85. The standard InChI is InChI=1S/C33H53N3O5/c1-39-29-20-25(21-30(40-2)31(29)41-3)26(24-14-8-5-9-15-24)22-36-19-11-10-16-28(36)33(38)35-27(32(34)37)18-17-23-12-6-4-7-13-23/h20-21,23-24,26-28H,4-19,22H2,1-3H3,(H2,34,37)(H,35,38). The maximum atomic E-state index is 13.7. The average molecular weight is 572 g/mol. The van der Waals surface area contributed by atoms with E-state index in [4.69, 9.17) is 19.9 Å². The van der Waals surface area contributed by atoms with Gasteiger partial charge in [0.25, 0.3) is 0 Å².